The number of hydrogen-bond donors (Lipinski definition) is 1. The van der Waals surface area contributed by atoms with E-state index >= 15 is 0 Å². The summed E-state index contributed by atoms with van der Waals surface area (Å²) in [5.41, 5.74) is 2.04. The summed E-state index contributed by atoms with van der Waals surface area (Å²) in [5.74, 6) is -1.50. The molecule has 1 amide bonds. The molecule has 0 aliphatic carbocycles. The highest BCUT2D eigenvalue weighted by molar-refractivity contribution is 5.83. The Morgan fingerprint density at radius 3 is 2.27 bits per heavy atom. The summed E-state index contributed by atoms with van der Waals surface area (Å²) in [4.78, 5) is 26.3. The van der Waals surface area contributed by atoms with Gasteiger partial charge >= 0.3 is 12.1 Å². The summed E-state index contributed by atoms with van der Waals surface area (Å²) in [5, 5.41) is 9.96. The highest BCUT2D eigenvalue weighted by atomic mass is 16.6. The summed E-state index contributed by atoms with van der Waals surface area (Å²) >= 11 is 0. The van der Waals surface area contributed by atoms with Gasteiger partial charge in [0.15, 0.2) is 0 Å². The van der Waals surface area contributed by atoms with Crippen LogP contribution < -0.4 is 0 Å². The van der Waals surface area contributed by atoms with E-state index in [1.165, 1.54) is 4.90 Å². The first kappa shape index (κ1) is 18.0. The third-order valence-corrected chi connectivity index (χ3v) is 4.42. The lowest BCUT2D eigenvalue weighted by Gasteiger charge is -2.40. The van der Waals surface area contributed by atoms with Crippen LogP contribution in [-0.2, 0) is 16.1 Å². The predicted octanol–water partition coefficient (Wildman–Crippen LogP) is 4.02. The second kappa shape index (κ2) is 6.83. The van der Waals surface area contributed by atoms with Gasteiger partial charge in [-0.05, 0) is 37.5 Å². The molecule has 0 saturated carbocycles. The lowest BCUT2D eigenvalue weighted by atomic mass is 9.79. The minimum Gasteiger partial charge on any atom is -0.480 e. The lowest BCUT2D eigenvalue weighted by Crippen LogP contribution is -2.52. The number of carbonyl (C=O) groups excluding carboxylic acids is 1. The summed E-state index contributed by atoms with van der Waals surface area (Å²) < 4.78 is 5.48. The Morgan fingerprint density at radius 2 is 1.65 bits per heavy atom. The van der Waals surface area contributed by atoms with Gasteiger partial charge in [-0.25, -0.2) is 9.59 Å². The second-order valence-electron chi connectivity index (χ2n) is 7.48. The van der Waals surface area contributed by atoms with Crippen LogP contribution in [0.25, 0.3) is 0 Å². The van der Waals surface area contributed by atoms with Crippen LogP contribution in [0.3, 0.4) is 0 Å². The molecule has 2 aromatic rings. The monoisotopic (exact) mass is 353 g/mol. The molecule has 1 aliphatic heterocycles. The van der Waals surface area contributed by atoms with E-state index in [2.05, 4.69) is 0 Å². The molecule has 0 saturated heterocycles. The van der Waals surface area contributed by atoms with Crippen molar-refractivity contribution >= 4 is 12.1 Å². The third-order valence-electron chi connectivity index (χ3n) is 4.42. The first-order valence-electron chi connectivity index (χ1n) is 8.63. The zero-order valence-electron chi connectivity index (χ0n) is 15.2. The Kier molecular flexibility index (Phi) is 4.72. The van der Waals surface area contributed by atoms with Crippen molar-refractivity contribution in [3.63, 3.8) is 0 Å². The summed E-state index contributed by atoms with van der Waals surface area (Å²) in [6, 6.07) is 16.1. The van der Waals surface area contributed by atoms with Crippen molar-refractivity contribution in [1.29, 1.82) is 0 Å². The topological polar surface area (TPSA) is 66.8 Å². The Morgan fingerprint density at radius 1 is 1.04 bits per heavy atom. The number of carboxylic acid groups (broad SMARTS) is 1. The SMILES string of the molecule is CC(C)(C)OC(=O)N1Cc2ccccc2[C@@H](c2ccccc2)[C@H]1C(=O)O. The lowest BCUT2D eigenvalue weighted by molar-refractivity contribution is -0.144. The molecule has 3 rings (SSSR count). The Labute approximate surface area is 153 Å². The number of rotatable bonds is 2. The van der Waals surface area contributed by atoms with E-state index in [9.17, 15) is 14.7 Å². The first-order valence-corrected chi connectivity index (χ1v) is 8.63. The summed E-state index contributed by atoms with van der Waals surface area (Å²) in [6.45, 7) is 5.53. The van der Waals surface area contributed by atoms with Crippen LogP contribution in [0.15, 0.2) is 54.6 Å². The van der Waals surface area contributed by atoms with Crippen molar-refractivity contribution in [2.45, 2.75) is 44.9 Å². The van der Waals surface area contributed by atoms with Crippen LogP contribution in [0.1, 0.15) is 43.4 Å². The third kappa shape index (κ3) is 3.57. The van der Waals surface area contributed by atoms with E-state index in [1.54, 1.807) is 20.8 Å². The molecule has 2 aromatic carbocycles. The molecule has 1 aliphatic rings. The highest BCUT2D eigenvalue weighted by Crippen LogP contribution is 2.39. The van der Waals surface area contributed by atoms with E-state index in [1.807, 2.05) is 54.6 Å². The smallest absolute Gasteiger partial charge is 0.411 e. The fraction of sp³-hybridized carbons (Fsp3) is 0.333. The standard InChI is InChI=1S/C21H23NO4/c1-21(2,3)26-20(25)22-13-15-11-7-8-12-16(15)17(18(22)19(23)24)14-9-5-4-6-10-14/h4-12,17-18H,13H2,1-3H3,(H,23,24)/t17-,18+/m1/s1. The molecule has 26 heavy (non-hydrogen) atoms. The quantitative estimate of drug-likeness (QED) is 0.885. The van der Waals surface area contributed by atoms with Crippen LogP contribution in [-0.4, -0.2) is 33.7 Å². The van der Waals surface area contributed by atoms with Gasteiger partial charge in [-0.2, -0.15) is 0 Å². The molecule has 0 radical (unpaired) electrons. The van der Waals surface area contributed by atoms with E-state index < -0.39 is 29.6 Å². The Balaban J connectivity index is 2.11. The van der Waals surface area contributed by atoms with E-state index in [0.29, 0.717) is 0 Å². The van der Waals surface area contributed by atoms with Crippen molar-refractivity contribution in [3.05, 3.63) is 71.3 Å². The average Bonchev–Trinajstić information content (AvgIpc) is 2.59. The fourth-order valence-electron chi connectivity index (χ4n) is 3.41. The van der Waals surface area contributed by atoms with Crippen LogP contribution in [0.5, 0.6) is 0 Å². The van der Waals surface area contributed by atoms with E-state index in [-0.39, 0.29) is 6.54 Å². The molecule has 1 N–H and O–H groups in total. The van der Waals surface area contributed by atoms with Gasteiger partial charge in [0.1, 0.15) is 11.6 Å². The summed E-state index contributed by atoms with van der Waals surface area (Å²) in [7, 11) is 0. The van der Waals surface area contributed by atoms with Gasteiger partial charge in [-0.1, -0.05) is 54.6 Å². The molecular weight excluding hydrogens is 330 g/mol. The van der Waals surface area contributed by atoms with Gasteiger partial charge in [-0.3, -0.25) is 4.90 Å². The molecule has 5 heteroatoms. The predicted molar refractivity (Wildman–Crippen MR) is 97.9 cm³/mol. The molecule has 0 bridgehead atoms. The molecule has 0 unspecified atom stereocenters. The first-order chi connectivity index (χ1) is 12.3. The van der Waals surface area contributed by atoms with Crippen LogP contribution >= 0.6 is 0 Å². The number of carbonyl (C=O) groups is 2. The highest BCUT2D eigenvalue weighted by Gasteiger charge is 2.44. The number of nitrogens with zero attached hydrogens (tertiary/aromatic N) is 1. The van der Waals surface area contributed by atoms with Crippen molar-refractivity contribution in [3.8, 4) is 0 Å². The number of aliphatic carboxylic acids is 1. The van der Waals surface area contributed by atoms with Crippen molar-refractivity contribution in [2.24, 2.45) is 0 Å². The number of amides is 1. The molecule has 2 atom stereocenters. The number of hydrogen-bond acceptors (Lipinski definition) is 3. The number of fused-ring (bicyclic) bond motifs is 1. The van der Waals surface area contributed by atoms with Gasteiger partial charge < -0.3 is 9.84 Å². The molecule has 0 aromatic heterocycles. The largest absolute Gasteiger partial charge is 0.480 e. The Bertz CT molecular complexity index is 810. The minimum absolute atomic E-state index is 0.214. The van der Waals surface area contributed by atoms with Crippen molar-refractivity contribution in [2.75, 3.05) is 0 Å². The molecule has 1 heterocycles. The fourth-order valence-corrected chi connectivity index (χ4v) is 3.41. The Hall–Kier alpha value is -2.82. The maximum Gasteiger partial charge on any atom is 0.411 e. The van der Waals surface area contributed by atoms with Gasteiger partial charge in [0.2, 0.25) is 0 Å². The number of benzene rings is 2. The molecule has 0 fully saturated rings. The maximum absolute atomic E-state index is 12.8. The van der Waals surface area contributed by atoms with Crippen LogP contribution in [0, 0.1) is 0 Å². The average molecular weight is 353 g/mol. The zero-order chi connectivity index (χ0) is 18.9. The van der Waals surface area contributed by atoms with E-state index in [0.717, 1.165) is 16.7 Å². The normalized spacial score (nSPS) is 19.6. The van der Waals surface area contributed by atoms with Gasteiger partial charge in [0, 0.05) is 5.92 Å². The maximum atomic E-state index is 12.8. The van der Waals surface area contributed by atoms with Crippen molar-refractivity contribution in [1.82, 2.24) is 4.90 Å². The van der Waals surface area contributed by atoms with Crippen LogP contribution in [0.4, 0.5) is 4.79 Å². The number of ether oxygens (including phenoxy) is 1. The molecule has 0 spiro atoms. The minimum atomic E-state index is -1.04. The molecule has 136 valence electrons. The second-order valence-corrected chi connectivity index (χ2v) is 7.48. The van der Waals surface area contributed by atoms with Gasteiger partial charge in [0.25, 0.3) is 0 Å². The van der Waals surface area contributed by atoms with Gasteiger partial charge in [0.05, 0.1) is 6.54 Å². The molecular formula is C21H23NO4. The summed E-state index contributed by atoms with van der Waals surface area (Å²) in [6.07, 6.45) is -0.611. The van der Waals surface area contributed by atoms with E-state index in [4.69, 9.17) is 4.74 Å². The van der Waals surface area contributed by atoms with Crippen molar-refractivity contribution < 1.29 is 19.4 Å². The zero-order valence-corrected chi connectivity index (χ0v) is 15.2. The van der Waals surface area contributed by atoms with Crippen LogP contribution in [0.2, 0.25) is 0 Å². The number of carboxylic acids is 1. The van der Waals surface area contributed by atoms with Gasteiger partial charge in [-0.15, -0.1) is 0 Å². The molecule has 5 nitrogen and oxygen atoms in total.